The molecule has 0 aliphatic carbocycles. The molecule has 116 valence electrons. The van der Waals surface area contributed by atoms with Crippen LogP contribution in [-0.4, -0.2) is 41.3 Å². The van der Waals surface area contributed by atoms with Gasteiger partial charge < -0.3 is 20.3 Å². The molecule has 0 radical (unpaired) electrons. The number of nitrogens with one attached hydrogen (secondary N) is 1. The summed E-state index contributed by atoms with van der Waals surface area (Å²) in [5.41, 5.74) is 1.09. The second-order valence-corrected chi connectivity index (χ2v) is 4.99. The second-order valence-electron chi connectivity index (χ2n) is 4.99. The maximum Gasteiger partial charge on any atom is 0.326 e. The zero-order valence-corrected chi connectivity index (χ0v) is 12.2. The lowest BCUT2D eigenvalue weighted by Crippen LogP contribution is -2.43. The molecule has 0 unspecified atom stereocenters. The Morgan fingerprint density at radius 1 is 1.33 bits per heavy atom. The van der Waals surface area contributed by atoms with Crippen molar-refractivity contribution in [3.8, 4) is 5.75 Å². The van der Waals surface area contributed by atoms with Crippen LogP contribution in [0.3, 0.4) is 0 Å². The van der Waals surface area contributed by atoms with Gasteiger partial charge in [-0.1, -0.05) is 26.0 Å². The molecular weight excluding hydrogens is 274 g/mol. The molecule has 0 bridgehead atoms. The van der Waals surface area contributed by atoms with Gasteiger partial charge in [-0.3, -0.25) is 4.79 Å². The molecule has 6 nitrogen and oxygen atoms in total. The van der Waals surface area contributed by atoms with E-state index in [0.29, 0.717) is 11.7 Å². The van der Waals surface area contributed by atoms with Crippen LogP contribution in [0.15, 0.2) is 24.3 Å². The number of hydrogen-bond acceptors (Lipinski definition) is 4. The molecule has 21 heavy (non-hydrogen) atoms. The fourth-order valence-electron chi connectivity index (χ4n) is 1.73. The average molecular weight is 295 g/mol. The Hall–Kier alpha value is -2.08. The van der Waals surface area contributed by atoms with Gasteiger partial charge in [0.25, 0.3) is 5.91 Å². The van der Waals surface area contributed by atoms with Gasteiger partial charge in [-0.25, -0.2) is 4.79 Å². The topological polar surface area (TPSA) is 95.9 Å². The first-order valence-corrected chi connectivity index (χ1v) is 6.79. The van der Waals surface area contributed by atoms with Gasteiger partial charge in [0.05, 0.1) is 0 Å². The summed E-state index contributed by atoms with van der Waals surface area (Å²) in [4.78, 5) is 22.5. The van der Waals surface area contributed by atoms with Crippen molar-refractivity contribution in [3.63, 3.8) is 0 Å². The number of rotatable bonds is 8. The molecule has 0 heterocycles. The van der Waals surface area contributed by atoms with Gasteiger partial charge in [0.15, 0.2) is 6.61 Å². The van der Waals surface area contributed by atoms with Gasteiger partial charge >= 0.3 is 5.97 Å². The summed E-state index contributed by atoms with van der Waals surface area (Å²) in [5, 5.41) is 19.9. The summed E-state index contributed by atoms with van der Waals surface area (Å²) in [7, 11) is 0. The SMILES string of the molecule is CC(C)c1cccc(OCC(=O)N[C@H](CCO)C(=O)O)c1. The third-order valence-electron chi connectivity index (χ3n) is 2.95. The lowest BCUT2D eigenvalue weighted by Gasteiger charge is -2.14. The van der Waals surface area contributed by atoms with Gasteiger partial charge in [0.1, 0.15) is 11.8 Å². The third kappa shape index (κ3) is 5.83. The molecule has 0 spiro atoms. The zero-order chi connectivity index (χ0) is 15.8. The van der Waals surface area contributed by atoms with Crippen LogP contribution >= 0.6 is 0 Å². The van der Waals surface area contributed by atoms with Crippen LogP contribution in [0, 0.1) is 0 Å². The maximum atomic E-state index is 11.6. The molecule has 1 rings (SSSR count). The van der Waals surface area contributed by atoms with Crippen LogP contribution in [-0.2, 0) is 9.59 Å². The highest BCUT2D eigenvalue weighted by Gasteiger charge is 2.19. The van der Waals surface area contributed by atoms with Crippen LogP contribution < -0.4 is 10.1 Å². The number of benzene rings is 1. The smallest absolute Gasteiger partial charge is 0.326 e. The van der Waals surface area contributed by atoms with E-state index in [-0.39, 0.29) is 19.6 Å². The molecule has 6 heteroatoms. The molecule has 0 aromatic heterocycles. The third-order valence-corrected chi connectivity index (χ3v) is 2.95. The highest BCUT2D eigenvalue weighted by atomic mass is 16.5. The Labute approximate surface area is 123 Å². The molecular formula is C15H21NO5. The quantitative estimate of drug-likeness (QED) is 0.668. The molecule has 3 N–H and O–H groups in total. The standard InChI is InChI=1S/C15H21NO5/c1-10(2)11-4-3-5-12(8-11)21-9-14(18)16-13(6-7-17)15(19)20/h3-5,8,10,13,17H,6-7,9H2,1-2H3,(H,16,18)(H,19,20)/t13-/m1/s1. The van der Waals surface area contributed by atoms with E-state index in [4.69, 9.17) is 14.9 Å². The first kappa shape index (κ1) is 17.0. The Morgan fingerprint density at radius 2 is 2.05 bits per heavy atom. The number of carbonyl (C=O) groups excluding carboxylic acids is 1. The van der Waals surface area contributed by atoms with Crippen LogP contribution in [0.4, 0.5) is 0 Å². The van der Waals surface area contributed by atoms with Crippen molar-refractivity contribution >= 4 is 11.9 Å². The number of aliphatic hydroxyl groups excluding tert-OH is 1. The van der Waals surface area contributed by atoms with Crippen LogP contribution in [0.25, 0.3) is 0 Å². The predicted octanol–water partition coefficient (Wildman–Crippen LogP) is 1.14. The number of amides is 1. The molecule has 0 fully saturated rings. The fraction of sp³-hybridized carbons (Fsp3) is 0.467. The van der Waals surface area contributed by atoms with Gasteiger partial charge in [-0.15, -0.1) is 0 Å². The highest BCUT2D eigenvalue weighted by molar-refractivity contribution is 5.84. The number of carbonyl (C=O) groups is 2. The van der Waals surface area contributed by atoms with E-state index < -0.39 is 17.9 Å². The van der Waals surface area contributed by atoms with Crippen molar-refractivity contribution in [3.05, 3.63) is 29.8 Å². The Morgan fingerprint density at radius 3 is 2.62 bits per heavy atom. The fourth-order valence-corrected chi connectivity index (χ4v) is 1.73. The van der Waals surface area contributed by atoms with E-state index >= 15 is 0 Å². The normalized spacial score (nSPS) is 12.0. The van der Waals surface area contributed by atoms with E-state index in [1.54, 1.807) is 6.07 Å². The first-order chi connectivity index (χ1) is 9.93. The summed E-state index contributed by atoms with van der Waals surface area (Å²) < 4.78 is 5.35. The summed E-state index contributed by atoms with van der Waals surface area (Å²) in [5.74, 6) is -0.807. The Kier molecular flexibility index (Phi) is 6.68. The molecule has 0 aliphatic rings. The van der Waals surface area contributed by atoms with E-state index in [1.165, 1.54) is 0 Å². The summed E-state index contributed by atoms with van der Waals surface area (Å²) >= 11 is 0. The van der Waals surface area contributed by atoms with Crippen LogP contribution in [0.2, 0.25) is 0 Å². The summed E-state index contributed by atoms with van der Waals surface area (Å²) in [6.07, 6.45) is -0.0378. The number of aliphatic hydroxyl groups is 1. The monoisotopic (exact) mass is 295 g/mol. The predicted molar refractivity (Wildman–Crippen MR) is 77.3 cm³/mol. The number of carboxylic acids is 1. The Bertz CT molecular complexity index is 487. The Balaban J connectivity index is 2.52. The van der Waals surface area contributed by atoms with Crippen molar-refractivity contribution in [2.24, 2.45) is 0 Å². The van der Waals surface area contributed by atoms with E-state index in [2.05, 4.69) is 19.2 Å². The number of aliphatic carboxylic acids is 1. The number of ether oxygens (including phenoxy) is 1. The number of carboxylic acid groups (broad SMARTS) is 1. The molecule has 1 atom stereocenters. The molecule has 0 saturated heterocycles. The molecule has 0 saturated carbocycles. The average Bonchev–Trinajstić information content (AvgIpc) is 2.45. The second kappa shape index (κ2) is 8.26. The molecule has 0 aliphatic heterocycles. The zero-order valence-electron chi connectivity index (χ0n) is 12.2. The largest absolute Gasteiger partial charge is 0.484 e. The van der Waals surface area contributed by atoms with E-state index in [9.17, 15) is 9.59 Å². The van der Waals surface area contributed by atoms with Crippen molar-refractivity contribution in [2.75, 3.05) is 13.2 Å². The summed E-state index contributed by atoms with van der Waals surface area (Å²) in [6, 6.07) is 6.29. The van der Waals surface area contributed by atoms with E-state index in [1.807, 2.05) is 18.2 Å². The van der Waals surface area contributed by atoms with Crippen molar-refractivity contribution in [1.82, 2.24) is 5.32 Å². The minimum Gasteiger partial charge on any atom is -0.484 e. The lowest BCUT2D eigenvalue weighted by molar-refractivity contribution is -0.142. The highest BCUT2D eigenvalue weighted by Crippen LogP contribution is 2.19. The van der Waals surface area contributed by atoms with Crippen molar-refractivity contribution < 1.29 is 24.5 Å². The summed E-state index contributed by atoms with van der Waals surface area (Å²) in [6.45, 7) is 3.53. The minimum atomic E-state index is -1.18. The van der Waals surface area contributed by atoms with Gasteiger partial charge in [-0.2, -0.15) is 0 Å². The van der Waals surface area contributed by atoms with Gasteiger partial charge in [0, 0.05) is 13.0 Å². The van der Waals surface area contributed by atoms with Crippen LogP contribution in [0.5, 0.6) is 5.75 Å². The van der Waals surface area contributed by atoms with Gasteiger partial charge in [0.2, 0.25) is 0 Å². The van der Waals surface area contributed by atoms with Gasteiger partial charge in [-0.05, 0) is 23.6 Å². The van der Waals surface area contributed by atoms with E-state index in [0.717, 1.165) is 5.56 Å². The molecule has 1 amide bonds. The molecule has 1 aromatic carbocycles. The van der Waals surface area contributed by atoms with Crippen molar-refractivity contribution in [2.45, 2.75) is 32.2 Å². The molecule has 1 aromatic rings. The maximum absolute atomic E-state index is 11.6. The van der Waals surface area contributed by atoms with Crippen molar-refractivity contribution in [1.29, 1.82) is 0 Å². The van der Waals surface area contributed by atoms with Crippen LogP contribution in [0.1, 0.15) is 31.7 Å². The lowest BCUT2D eigenvalue weighted by atomic mass is 10.0. The first-order valence-electron chi connectivity index (χ1n) is 6.79. The number of hydrogen-bond donors (Lipinski definition) is 3. The minimum absolute atomic E-state index is 0.0378.